The van der Waals surface area contributed by atoms with Gasteiger partial charge in [-0.3, -0.25) is 4.79 Å². The first-order valence-electron chi connectivity index (χ1n) is 4.42. The van der Waals surface area contributed by atoms with Crippen molar-refractivity contribution in [1.29, 1.82) is 0 Å². The van der Waals surface area contributed by atoms with Gasteiger partial charge in [-0.05, 0) is 5.56 Å². The van der Waals surface area contributed by atoms with Crippen LogP contribution in [0.1, 0.15) is 18.0 Å². The summed E-state index contributed by atoms with van der Waals surface area (Å²) in [6.07, 6.45) is -1.22. The summed E-state index contributed by atoms with van der Waals surface area (Å²) >= 11 is 0. The third-order valence-corrected chi connectivity index (χ3v) is 1.90. The van der Waals surface area contributed by atoms with E-state index in [4.69, 9.17) is 10.8 Å². The first kappa shape index (κ1) is 11.0. The molecule has 0 heterocycles. The summed E-state index contributed by atoms with van der Waals surface area (Å²) in [5, 5.41) is 10.8. The van der Waals surface area contributed by atoms with Gasteiger partial charge in [0.25, 0.3) is 0 Å². The topological polar surface area (TPSA) is 92.4 Å². The van der Waals surface area contributed by atoms with Crippen LogP contribution >= 0.6 is 0 Å². The van der Waals surface area contributed by atoms with Crippen LogP contribution in [-0.2, 0) is 4.79 Å². The molecule has 0 radical (unpaired) electrons. The number of benzene rings is 1. The van der Waals surface area contributed by atoms with Gasteiger partial charge in [0.1, 0.15) is 0 Å². The second kappa shape index (κ2) is 4.99. The first-order valence-corrected chi connectivity index (χ1v) is 4.42. The van der Waals surface area contributed by atoms with Crippen molar-refractivity contribution in [3.63, 3.8) is 0 Å². The number of hydrogen-bond acceptors (Lipinski definition) is 2. The third kappa shape index (κ3) is 3.68. The van der Waals surface area contributed by atoms with E-state index >= 15 is 0 Å². The van der Waals surface area contributed by atoms with Crippen molar-refractivity contribution >= 4 is 12.0 Å². The smallest absolute Gasteiger partial charge is 0.405 e. The number of primary amides is 1. The molecule has 1 aromatic rings. The number of carbonyl (C=O) groups is 2. The number of hydrogen-bond donors (Lipinski definition) is 3. The van der Waals surface area contributed by atoms with Crippen LogP contribution in [-0.4, -0.2) is 17.1 Å². The Balaban J connectivity index is 2.81. The van der Waals surface area contributed by atoms with Gasteiger partial charge in [-0.2, -0.15) is 0 Å². The Bertz CT molecular complexity index is 335. The largest absolute Gasteiger partial charge is 0.465 e. The fraction of sp³-hybridized carbons (Fsp3) is 0.200. The normalized spacial score (nSPS) is 11.7. The van der Waals surface area contributed by atoms with Crippen molar-refractivity contribution in [1.82, 2.24) is 5.32 Å². The van der Waals surface area contributed by atoms with E-state index in [1.807, 2.05) is 6.07 Å². The van der Waals surface area contributed by atoms with Crippen molar-refractivity contribution in [3.8, 4) is 0 Å². The molecule has 0 fully saturated rings. The molecule has 80 valence electrons. The summed E-state index contributed by atoms with van der Waals surface area (Å²) in [4.78, 5) is 21.3. The molecule has 0 aromatic heterocycles. The summed E-state index contributed by atoms with van der Waals surface area (Å²) in [5.74, 6) is -0.544. The molecule has 1 unspecified atom stereocenters. The van der Waals surface area contributed by atoms with Gasteiger partial charge < -0.3 is 16.2 Å². The average Bonchev–Trinajstić information content (AvgIpc) is 2.17. The number of amides is 2. The predicted molar refractivity (Wildman–Crippen MR) is 54.2 cm³/mol. The summed E-state index contributed by atoms with van der Waals surface area (Å²) in [5.41, 5.74) is 5.76. The summed E-state index contributed by atoms with van der Waals surface area (Å²) in [7, 11) is 0. The maximum atomic E-state index is 10.8. The Morgan fingerprint density at radius 2 is 1.93 bits per heavy atom. The molecule has 0 bridgehead atoms. The zero-order valence-electron chi connectivity index (χ0n) is 8.01. The summed E-state index contributed by atoms with van der Waals surface area (Å²) < 4.78 is 0. The lowest BCUT2D eigenvalue weighted by atomic mass is 10.0. The first-order chi connectivity index (χ1) is 7.09. The van der Waals surface area contributed by atoms with Crippen molar-refractivity contribution < 1.29 is 14.7 Å². The minimum Gasteiger partial charge on any atom is -0.465 e. The molecule has 15 heavy (non-hydrogen) atoms. The number of carboxylic acid groups (broad SMARTS) is 1. The molecule has 0 spiro atoms. The van der Waals surface area contributed by atoms with Crippen molar-refractivity contribution in [2.24, 2.45) is 5.73 Å². The quantitative estimate of drug-likeness (QED) is 0.685. The molecule has 0 saturated heterocycles. The second-order valence-electron chi connectivity index (χ2n) is 3.08. The van der Waals surface area contributed by atoms with Crippen LogP contribution < -0.4 is 11.1 Å². The average molecular weight is 208 g/mol. The van der Waals surface area contributed by atoms with Crippen LogP contribution in [0.4, 0.5) is 4.79 Å². The van der Waals surface area contributed by atoms with E-state index in [0.29, 0.717) is 0 Å². The van der Waals surface area contributed by atoms with Gasteiger partial charge in [-0.25, -0.2) is 4.79 Å². The molecule has 1 aromatic carbocycles. The SMILES string of the molecule is NC(=O)CC(NC(=O)O)c1ccccc1. The molecule has 2 amide bonds. The molecule has 1 rings (SSSR count). The van der Waals surface area contributed by atoms with E-state index in [2.05, 4.69) is 5.32 Å². The van der Waals surface area contributed by atoms with Crippen LogP contribution in [0.5, 0.6) is 0 Å². The van der Waals surface area contributed by atoms with Crippen LogP contribution in [0.25, 0.3) is 0 Å². The minimum atomic E-state index is -1.18. The molecular formula is C10H12N2O3. The Morgan fingerprint density at radius 3 is 2.40 bits per heavy atom. The molecule has 0 aliphatic rings. The number of nitrogens with one attached hydrogen (secondary N) is 1. The number of rotatable bonds is 4. The van der Waals surface area contributed by atoms with Crippen LogP contribution in [0, 0.1) is 0 Å². The Hall–Kier alpha value is -2.04. The van der Waals surface area contributed by atoms with E-state index in [1.54, 1.807) is 24.3 Å². The van der Waals surface area contributed by atoms with Crippen molar-refractivity contribution in [2.45, 2.75) is 12.5 Å². The maximum Gasteiger partial charge on any atom is 0.405 e. The third-order valence-electron chi connectivity index (χ3n) is 1.90. The van der Waals surface area contributed by atoms with Gasteiger partial charge in [0.05, 0.1) is 12.5 Å². The zero-order valence-corrected chi connectivity index (χ0v) is 8.01. The van der Waals surface area contributed by atoms with Gasteiger partial charge >= 0.3 is 6.09 Å². The molecule has 0 aliphatic carbocycles. The number of carbonyl (C=O) groups excluding carboxylic acids is 1. The molecular weight excluding hydrogens is 196 g/mol. The van der Waals surface area contributed by atoms with Crippen LogP contribution in [0.15, 0.2) is 30.3 Å². The molecule has 5 nitrogen and oxygen atoms in total. The molecule has 4 N–H and O–H groups in total. The minimum absolute atomic E-state index is 0.0453. The van der Waals surface area contributed by atoms with Gasteiger partial charge in [-0.15, -0.1) is 0 Å². The van der Waals surface area contributed by atoms with Crippen molar-refractivity contribution in [2.75, 3.05) is 0 Å². The Morgan fingerprint density at radius 1 is 1.33 bits per heavy atom. The summed E-state index contributed by atoms with van der Waals surface area (Å²) in [6.45, 7) is 0. The lowest BCUT2D eigenvalue weighted by Gasteiger charge is -2.15. The van der Waals surface area contributed by atoms with E-state index in [0.717, 1.165) is 5.56 Å². The molecule has 1 atom stereocenters. The van der Waals surface area contributed by atoms with Gasteiger partial charge in [0.15, 0.2) is 0 Å². The van der Waals surface area contributed by atoms with Crippen molar-refractivity contribution in [3.05, 3.63) is 35.9 Å². The van der Waals surface area contributed by atoms with E-state index in [1.165, 1.54) is 0 Å². The monoisotopic (exact) mass is 208 g/mol. The number of nitrogens with two attached hydrogens (primary N) is 1. The Labute approximate surface area is 86.9 Å². The van der Waals surface area contributed by atoms with E-state index in [-0.39, 0.29) is 6.42 Å². The highest BCUT2D eigenvalue weighted by Gasteiger charge is 2.15. The fourth-order valence-corrected chi connectivity index (χ4v) is 1.29. The van der Waals surface area contributed by atoms with Crippen LogP contribution in [0.2, 0.25) is 0 Å². The second-order valence-corrected chi connectivity index (χ2v) is 3.08. The molecule has 0 aliphatic heterocycles. The standard InChI is InChI=1S/C10H12N2O3/c11-9(13)6-8(12-10(14)15)7-4-2-1-3-5-7/h1-5,8,12H,6H2,(H2,11,13)(H,14,15). The predicted octanol–water partition coefficient (Wildman–Crippen LogP) is 0.871. The Kier molecular flexibility index (Phi) is 3.68. The van der Waals surface area contributed by atoms with Gasteiger partial charge in [-0.1, -0.05) is 30.3 Å². The summed E-state index contributed by atoms with van der Waals surface area (Å²) in [6, 6.07) is 8.25. The van der Waals surface area contributed by atoms with Gasteiger partial charge in [0, 0.05) is 0 Å². The lowest BCUT2D eigenvalue weighted by molar-refractivity contribution is -0.118. The van der Waals surface area contributed by atoms with Gasteiger partial charge in [0.2, 0.25) is 5.91 Å². The highest BCUT2D eigenvalue weighted by Crippen LogP contribution is 2.15. The fourth-order valence-electron chi connectivity index (χ4n) is 1.29. The molecule has 0 saturated carbocycles. The lowest BCUT2D eigenvalue weighted by Crippen LogP contribution is -2.30. The molecule has 5 heteroatoms. The highest BCUT2D eigenvalue weighted by atomic mass is 16.4. The zero-order chi connectivity index (χ0) is 11.3. The van der Waals surface area contributed by atoms with Crippen LogP contribution in [0.3, 0.4) is 0 Å². The highest BCUT2D eigenvalue weighted by molar-refractivity contribution is 5.76. The van der Waals surface area contributed by atoms with E-state index < -0.39 is 18.0 Å². The maximum absolute atomic E-state index is 10.8. The van der Waals surface area contributed by atoms with E-state index in [9.17, 15) is 9.59 Å².